The molecule has 0 aliphatic heterocycles. The van der Waals surface area contributed by atoms with Crippen molar-refractivity contribution < 1.29 is 23.1 Å². The van der Waals surface area contributed by atoms with E-state index in [0.717, 1.165) is 18.6 Å². The molecular weight excluding hydrogens is 221 g/mol. The van der Waals surface area contributed by atoms with E-state index >= 15 is 0 Å². The van der Waals surface area contributed by atoms with Crippen molar-refractivity contribution in [3.8, 4) is 0 Å². The third-order valence-electron chi connectivity index (χ3n) is 2.16. The minimum absolute atomic E-state index is 0.568. The van der Waals surface area contributed by atoms with E-state index < -0.39 is 23.3 Å². The van der Waals surface area contributed by atoms with Gasteiger partial charge in [0.1, 0.15) is 0 Å². The molecule has 5 heteroatoms. The van der Waals surface area contributed by atoms with Crippen LogP contribution in [0.5, 0.6) is 0 Å². The number of rotatable bonds is 3. The number of aromatic carboxylic acids is 1. The largest absolute Gasteiger partial charge is 0.478 e. The van der Waals surface area contributed by atoms with Gasteiger partial charge in [0, 0.05) is 0 Å². The molecule has 0 aliphatic carbocycles. The van der Waals surface area contributed by atoms with Crippen molar-refractivity contribution in [2.45, 2.75) is 25.9 Å². The van der Waals surface area contributed by atoms with Gasteiger partial charge in [0.15, 0.2) is 0 Å². The normalized spacial score (nSPS) is 11.5. The van der Waals surface area contributed by atoms with Gasteiger partial charge in [0.25, 0.3) is 0 Å². The van der Waals surface area contributed by atoms with Gasteiger partial charge in [-0.25, -0.2) is 4.79 Å². The third kappa shape index (κ3) is 2.74. The summed E-state index contributed by atoms with van der Waals surface area (Å²) in [6.45, 7) is 1.87. The highest BCUT2D eigenvalue weighted by Gasteiger charge is 2.35. The maximum absolute atomic E-state index is 12.5. The molecule has 0 atom stereocenters. The first kappa shape index (κ1) is 12.5. The minimum atomic E-state index is -4.63. The van der Waals surface area contributed by atoms with Crippen LogP contribution in [0, 0.1) is 0 Å². The molecule has 1 rings (SSSR count). The molecule has 0 heterocycles. The molecule has 88 valence electrons. The first-order valence-corrected chi connectivity index (χ1v) is 4.79. The molecule has 0 spiro atoms. The molecular formula is C11H11F3O2. The van der Waals surface area contributed by atoms with Crippen LogP contribution in [0.1, 0.15) is 34.8 Å². The van der Waals surface area contributed by atoms with Crippen molar-refractivity contribution in [1.29, 1.82) is 0 Å². The molecule has 16 heavy (non-hydrogen) atoms. The molecule has 0 unspecified atom stereocenters. The Morgan fingerprint density at radius 1 is 1.38 bits per heavy atom. The van der Waals surface area contributed by atoms with Crippen molar-refractivity contribution in [2.75, 3.05) is 0 Å². The van der Waals surface area contributed by atoms with Gasteiger partial charge >= 0.3 is 12.1 Å². The van der Waals surface area contributed by atoms with Crippen LogP contribution in [-0.4, -0.2) is 11.1 Å². The number of alkyl halides is 3. The molecule has 0 aliphatic rings. The fourth-order valence-corrected chi connectivity index (χ4v) is 1.46. The van der Waals surface area contributed by atoms with Gasteiger partial charge in [-0.1, -0.05) is 19.4 Å². The van der Waals surface area contributed by atoms with Gasteiger partial charge in [-0.05, 0) is 24.1 Å². The molecule has 0 bridgehead atoms. The van der Waals surface area contributed by atoms with Crippen molar-refractivity contribution in [2.24, 2.45) is 0 Å². The number of carboxylic acid groups (broad SMARTS) is 1. The second kappa shape index (κ2) is 4.55. The summed E-state index contributed by atoms with van der Waals surface area (Å²) in [7, 11) is 0. The predicted molar refractivity (Wildman–Crippen MR) is 52.4 cm³/mol. The lowest BCUT2D eigenvalue weighted by Gasteiger charge is -2.11. The van der Waals surface area contributed by atoms with Gasteiger partial charge in [-0.15, -0.1) is 0 Å². The maximum Gasteiger partial charge on any atom is 0.417 e. The molecule has 0 saturated carbocycles. The van der Waals surface area contributed by atoms with Crippen LogP contribution >= 0.6 is 0 Å². The van der Waals surface area contributed by atoms with Crippen molar-refractivity contribution in [3.63, 3.8) is 0 Å². The van der Waals surface area contributed by atoms with Crippen LogP contribution in [0.3, 0.4) is 0 Å². The average Bonchev–Trinajstić information content (AvgIpc) is 2.16. The Balaban J connectivity index is 3.25. The zero-order chi connectivity index (χ0) is 12.3. The van der Waals surface area contributed by atoms with E-state index in [4.69, 9.17) is 5.11 Å². The summed E-state index contributed by atoms with van der Waals surface area (Å²) >= 11 is 0. The quantitative estimate of drug-likeness (QED) is 0.867. The number of carbonyl (C=O) groups is 1. The molecule has 0 fully saturated rings. The minimum Gasteiger partial charge on any atom is -0.478 e. The van der Waals surface area contributed by atoms with Gasteiger partial charge < -0.3 is 5.11 Å². The Bertz CT molecular complexity index is 397. The zero-order valence-corrected chi connectivity index (χ0v) is 8.64. The molecule has 1 aromatic carbocycles. The van der Waals surface area contributed by atoms with Crippen molar-refractivity contribution >= 4 is 5.97 Å². The summed E-state index contributed by atoms with van der Waals surface area (Å²) in [5.41, 5.74) is -1.17. The van der Waals surface area contributed by atoms with Gasteiger partial charge in [-0.2, -0.15) is 13.2 Å². The van der Waals surface area contributed by atoms with Crippen LogP contribution in [-0.2, 0) is 12.6 Å². The highest BCUT2D eigenvalue weighted by Crippen LogP contribution is 2.32. The molecule has 1 N–H and O–H groups in total. The molecule has 0 saturated heterocycles. The Labute approximate surface area is 90.7 Å². The van der Waals surface area contributed by atoms with Crippen LogP contribution in [0.15, 0.2) is 18.2 Å². The lowest BCUT2D eigenvalue weighted by Crippen LogP contribution is -2.13. The number of hydrogen-bond acceptors (Lipinski definition) is 1. The van der Waals surface area contributed by atoms with Crippen LogP contribution in [0.25, 0.3) is 0 Å². The van der Waals surface area contributed by atoms with Crippen molar-refractivity contribution in [1.82, 2.24) is 0 Å². The number of hydrogen-bond donors (Lipinski definition) is 1. The summed E-state index contributed by atoms with van der Waals surface area (Å²) in [6.07, 6.45) is -3.30. The molecule has 1 aromatic rings. The van der Waals surface area contributed by atoms with Gasteiger partial charge in [0.2, 0.25) is 0 Å². The monoisotopic (exact) mass is 232 g/mol. The predicted octanol–water partition coefficient (Wildman–Crippen LogP) is 3.36. The Morgan fingerprint density at radius 3 is 2.44 bits per heavy atom. The number of aryl methyl sites for hydroxylation is 1. The summed E-state index contributed by atoms with van der Waals surface area (Å²) in [4.78, 5) is 10.7. The van der Waals surface area contributed by atoms with Gasteiger partial charge in [0.05, 0.1) is 11.1 Å². The SMILES string of the molecule is CCCc1ccc(C(F)(F)F)c(C(=O)O)c1. The summed E-state index contributed by atoms with van der Waals surface area (Å²) in [6, 6.07) is 3.24. The smallest absolute Gasteiger partial charge is 0.417 e. The van der Waals surface area contributed by atoms with E-state index in [1.165, 1.54) is 6.07 Å². The van der Waals surface area contributed by atoms with E-state index in [9.17, 15) is 18.0 Å². The second-order valence-electron chi connectivity index (χ2n) is 3.43. The standard InChI is InChI=1S/C11H11F3O2/c1-2-3-7-4-5-9(11(12,13)14)8(6-7)10(15)16/h4-6H,2-3H2,1H3,(H,15,16). The first-order valence-electron chi connectivity index (χ1n) is 4.79. The summed E-state index contributed by atoms with van der Waals surface area (Å²) in [5, 5.41) is 8.72. The zero-order valence-electron chi connectivity index (χ0n) is 8.64. The molecule has 0 amide bonds. The van der Waals surface area contributed by atoms with Crippen LogP contribution < -0.4 is 0 Å². The lowest BCUT2D eigenvalue weighted by atomic mass is 10.0. The molecule has 0 aromatic heterocycles. The van der Waals surface area contributed by atoms with E-state index in [1.807, 2.05) is 6.92 Å². The Morgan fingerprint density at radius 2 is 2.00 bits per heavy atom. The topological polar surface area (TPSA) is 37.3 Å². The first-order chi connectivity index (χ1) is 7.36. The van der Waals surface area contributed by atoms with Crippen LogP contribution in [0.2, 0.25) is 0 Å². The fraction of sp³-hybridized carbons (Fsp3) is 0.364. The second-order valence-corrected chi connectivity index (χ2v) is 3.43. The highest BCUT2D eigenvalue weighted by atomic mass is 19.4. The third-order valence-corrected chi connectivity index (χ3v) is 2.16. The van der Waals surface area contributed by atoms with E-state index in [1.54, 1.807) is 0 Å². The highest BCUT2D eigenvalue weighted by molar-refractivity contribution is 5.89. The Hall–Kier alpha value is -1.52. The lowest BCUT2D eigenvalue weighted by molar-refractivity contribution is -0.138. The van der Waals surface area contributed by atoms with E-state index in [-0.39, 0.29) is 0 Å². The van der Waals surface area contributed by atoms with Crippen LogP contribution in [0.4, 0.5) is 13.2 Å². The summed E-state index contributed by atoms with van der Waals surface area (Å²) in [5.74, 6) is -1.55. The molecule has 0 radical (unpaired) electrons. The number of halogens is 3. The average molecular weight is 232 g/mol. The molecule has 2 nitrogen and oxygen atoms in total. The van der Waals surface area contributed by atoms with Crippen molar-refractivity contribution in [3.05, 3.63) is 34.9 Å². The maximum atomic E-state index is 12.5. The van der Waals surface area contributed by atoms with E-state index in [0.29, 0.717) is 12.0 Å². The fourth-order valence-electron chi connectivity index (χ4n) is 1.46. The number of carboxylic acids is 1. The Kier molecular flexibility index (Phi) is 3.57. The van der Waals surface area contributed by atoms with E-state index in [2.05, 4.69) is 0 Å². The van der Waals surface area contributed by atoms with Gasteiger partial charge in [-0.3, -0.25) is 0 Å². The summed E-state index contributed by atoms with van der Waals surface area (Å²) < 4.78 is 37.4. The number of benzene rings is 1.